The minimum atomic E-state index is -0.209. The Labute approximate surface area is 126 Å². The van der Waals surface area contributed by atoms with Crippen LogP contribution < -0.4 is 5.32 Å². The molecule has 0 saturated carbocycles. The van der Waals surface area contributed by atoms with E-state index in [0.29, 0.717) is 27.9 Å². The maximum Gasteiger partial charge on any atom is 0.272 e. The number of anilines is 1. The van der Waals surface area contributed by atoms with Gasteiger partial charge < -0.3 is 14.4 Å². The molecule has 108 valence electrons. The van der Waals surface area contributed by atoms with Crippen molar-refractivity contribution in [1.82, 2.24) is 9.72 Å². The van der Waals surface area contributed by atoms with E-state index < -0.39 is 0 Å². The van der Waals surface area contributed by atoms with E-state index in [1.807, 2.05) is 29.8 Å². The van der Waals surface area contributed by atoms with Gasteiger partial charge in [-0.2, -0.15) is 0 Å². The second-order valence-electron chi connectivity index (χ2n) is 4.95. The van der Waals surface area contributed by atoms with Crippen LogP contribution in [-0.4, -0.2) is 15.6 Å². The standard InChI is InChI=1S/C15H14ClN3O2/c1-8-14(9(2)21-18-8)17-15(20)13-6-10-4-5-11(16)7-12(10)19(13)3/h4-7H,1-3H3,(H,17,20). The van der Waals surface area contributed by atoms with E-state index in [1.54, 1.807) is 19.9 Å². The van der Waals surface area contributed by atoms with Crippen molar-refractivity contribution in [3.63, 3.8) is 0 Å². The van der Waals surface area contributed by atoms with Gasteiger partial charge >= 0.3 is 0 Å². The number of aromatic nitrogens is 2. The highest BCUT2D eigenvalue weighted by Gasteiger charge is 2.17. The third-order valence-electron chi connectivity index (χ3n) is 3.51. The van der Waals surface area contributed by atoms with Crippen LogP contribution in [0, 0.1) is 13.8 Å². The molecule has 5 nitrogen and oxygen atoms in total. The molecule has 0 radical (unpaired) electrons. The largest absolute Gasteiger partial charge is 0.359 e. The minimum absolute atomic E-state index is 0.209. The van der Waals surface area contributed by atoms with E-state index in [2.05, 4.69) is 10.5 Å². The predicted octanol–water partition coefficient (Wildman–Crippen LogP) is 3.69. The van der Waals surface area contributed by atoms with Crippen molar-refractivity contribution >= 4 is 34.1 Å². The van der Waals surface area contributed by atoms with Crippen molar-refractivity contribution in [2.24, 2.45) is 7.05 Å². The number of halogens is 1. The molecule has 2 heterocycles. The molecule has 0 bridgehead atoms. The van der Waals surface area contributed by atoms with Gasteiger partial charge in [-0.1, -0.05) is 22.8 Å². The normalized spacial score (nSPS) is 11.0. The number of amides is 1. The van der Waals surface area contributed by atoms with E-state index in [0.717, 1.165) is 10.9 Å². The van der Waals surface area contributed by atoms with Gasteiger partial charge in [0.05, 0.1) is 0 Å². The number of nitrogens with one attached hydrogen (secondary N) is 1. The Morgan fingerprint density at radius 3 is 2.76 bits per heavy atom. The summed E-state index contributed by atoms with van der Waals surface area (Å²) in [6, 6.07) is 7.37. The molecule has 0 aliphatic heterocycles. The molecule has 6 heteroatoms. The van der Waals surface area contributed by atoms with Crippen LogP contribution in [-0.2, 0) is 7.05 Å². The average molecular weight is 304 g/mol. The maximum atomic E-state index is 12.5. The number of rotatable bonds is 2. The number of benzene rings is 1. The second-order valence-corrected chi connectivity index (χ2v) is 5.38. The van der Waals surface area contributed by atoms with Gasteiger partial charge in [-0.05, 0) is 32.0 Å². The molecule has 0 saturated heterocycles. The molecule has 21 heavy (non-hydrogen) atoms. The Kier molecular flexibility index (Phi) is 3.22. The fraction of sp³-hybridized carbons (Fsp3) is 0.200. The Hall–Kier alpha value is -2.27. The van der Waals surface area contributed by atoms with Crippen LogP contribution in [0.3, 0.4) is 0 Å². The summed E-state index contributed by atoms with van der Waals surface area (Å²) >= 11 is 6.00. The minimum Gasteiger partial charge on any atom is -0.359 e. The summed E-state index contributed by atoms with van der Waals surface area (Å²) in [5, 5.41) is 8.27. The van der Waals surface area contributed by atoms with Crippen molar-refractivity contribution < 1.29 is 9.32 Å². The van der Waals surface area contributed by atoms with Crippen LogP contribution in [0.5, 0.6) is 0 Å². The fourth-order valence-electron chi connectivity index (χ4n) is 2.36. The molecule has 2 aromatic heterocycles. The molecule has 3 aromatic rings. The second kappa shape index (κ2) is 4.93. The van der Waals surface area contributed by atoms with E-state index in [4.69, 9.17) is 16.1 Å². The molecule has 0 aliphatic carbocycles. The van der Waals surface area contributed by atoms with Crippen LogP contribution in [0.4, 0.5) is 5.69 Å². The summed E-state index contributed by atoms with van der Waals surface area (Å²) < 4.78 is 6.86. The molecule has 0 unspecified atom stereocenters. The predicted molar refractivity (Wildman–Crippen MR) is 81.9 cm³/mol. The first-order valence-electron chi connectivity index (χ1n) is 6.46. The summed E-state index contributed by atoms with van der Waals surface area (Å²) in [6.45, 7) is 3.55. The molecular formula is C15H14ClN3O2. The fourth-order valence-corrected chi connectivity index (χ4v) is 2.53. The summed E-state index contributed by atoms with van der Waals surface area (Å²) in [4.78, 5) is 12.5. The van der Waals surface area contributed by atoms with Gasteiger partial charge in [0.2, 0.25) is 0 Å². The zero-order chi connectivity index (χ0) is 15.1. The number of aryl methyl sites for hydroxylation is 3. The van der Waals surface area contributed by atoms with Gasteiger partial charge in [0.1, 0.15) is 17.1 Å². The lowest BCUT2D eigenvalue weighted by Crippen LogP contribution is -2.16. The summed E-state index contributed by atoms with van der Waals surface area (Å²) in [6.07, 6.45) is 0. The van der Waals surface area contributed by atoms with Gasteiger partial charge in [-0.25, -0.2) is 0 Å². The topological polar surface area (TPSA) is 60.1 Å². The molecule has 1 amide bonds. The van der Waals surface area contributed by atoms with E-state index in [9.17, 15) is 4.79 Å². The number of carbonyl (C=O) groups excluding carboxylic acids is 1. The van der Waals surface area contributed by atoms with Gasteiger partial charge in [0, 0.05) is 23.0 Å². The molecule has 1 aromatic carbocycles. The molecule has 3 rings (SSSR count). The van der Waals surface area contributed by atoms with Crippen molar-refractivity contribution in [1.29, 1.82) is 0 Å². The van der Waals surface area contributed by atoms with Crippen molar-refractivity contribution in [2.75, 3.05) is 5.32 Å². The highest BCUT2D eigenvalue weighted by molar-refractivity contribution is 6.31. The van der Waals surface area contributed by atoms with Crippen LogP contribution >= 0.6 is 11.6 Å². The highest BCUT2D eigenvalue weighted by atomic mass is 35.5. The summed E-state index contributed by atoms with van der Waals surface area (Å²) in [5.41, 5.74) is 2.73. The third-order valence-corrected chi connectivity index (χ3v) is 3.75. The first-order chi connectivity index (χ1) is 9.97. The lowest BCUT2D eigenvalue weighted by atomic mass is 10.2. The summed E-state index contributed by atoms with van der Waals surface area (Å²) in [7, 11) is 1.83. The van der Waals surface area contributed by atoms with Crippen LogP contribution in [0.2, 0.25) is 5.02 Å². The van der Waals surface area contributed by atoms with Gasteiger partial charge in [0.25, 0.3) is 5.91 Å². The number of hydrogen-bond donors (Lipinski definition) is 1. The number of nitrogens with zero attached hydrogens (tertiary/aromatic N) is 2. The molecule has 0 fully saturated rings. The number of fused-ring (bicyclic) bond motifs is 1. The molecule has 0 aliphatic rings. The monoisotopic (exact) mass is 303 g/mol. The summed E-state index contributed by atoms with van der Waals surface area (Å²) in [5.74, 6) is 0.377. The van der Waals surface area contributed by atoms with Crippen molar-refractivity contribution in [3.8, 4) is 0 Å². The Bertz CT molecular complexity index is 829. The quantitative estimate of drug-likeness (QED) is 0.785. The van der Waals surface area contributed by atoms with Crippen LogP contribution in [0.1, 0.15) is 21.9 Å². The SMILES string of the molecule is Cc1noc(C)c1NC(=O)c1cc2ccc(Cl)cc2n1C. The first kappa shape index (κ1) is 13.7. The Morgan fingerprint density at radius 2 is 2.10 bits per heavy atom. The van der Waals surface area contributed by atoms with Crippen LogP contribution in [0.15, 0.2) is 28.8 Å². The number of carbonyl (C=O) groups is 1. The average Bonchev–Trinajstić information content (AvgIpc) is 2.94. The molecule has 0 spiro atoms. The number of hydrogen-bond acceptors (Lipinski definition) is 3. The van der Waals surface area contributed by atoms with Crippen LogP contribution in [0.25, 0.3) is 10.9 Å². The van der Waals surface area contributed by atoms with Crippen molar-refractivity contribution in [3.05, 3.63) is 46.4 Å². The third kappa shape index (κ3) is 2.29. The van der Waals surface area contributed by atoms with E-state index in [1.165, 1.54) is 0 Å². The highest BCUT2D eigenvalue weighted by Crippen LogP contribution is 2.24. The van der Waals surface area contributed by atoms with Gasteiger partial charge in [-0.3, -0.25) is 4.79 Å². The zero-order valence-corrected chi connectivity index (χ0v) is 12.7. The van der Waals surface area contributed by atoms with E-state index in [-0.39, 0.29) is 5.91 Å². The van der Waals surface area contributed by atoms with Crippen molar-refractivity contribution in [2.45, 2.75) is 13.8 Å². The molecule has 0 atom stereocenters. The van der Waals surface area contributed by atoms with Gasteiger partial charge in [-0.15, -0.1) is 0 Å². The lowest BCUT2D eigenvalue weighted by molar-refractivity contribution is 0.101. The Balaban J connectivity index is 2.00. The van der Waals surface area contributed by atoms with E-state index >= 15 is 0 Å². The maximum absolute atomic E-state index is 12.5. The first-order valence-corrected chi connectivity index (χ1v) is 6.84. The Morgan fingerprint density at radius 1 is 1.33 bits per heavy atom. The smallest absolute Gasteiger partial charge is 0.272 e. The lowest BCUT2D eigenvalue weighted by Gasteiger charge is -2.06. The molecular weight excluding hydrogens is 290 g/mol. The molecule has 1 N–H and O–H groups in total. The van der Waals surface area contributed by atoms with Gasteiger partial charge in [0.15, 0.2) is 5.76 Å². The zero-order valence-electron chi connectivity index (χ0n) is 11.9.